The third-order valence-corrected chi connectivity index (χ3v) is 17.8. The number of phenolic OH excluding ortho intramolecular Hbond substituents is 7. The first-order chi connectivity index (χ1) is 46.0. The third-order valence-electron chi connectivity index (χ3n) is 16.9. The highest BCUT2D eigenvalue weighted by molar-refractivity contribution is 7.45. The van der Waals surface area contributed by atoms with Crippen LogP contribution in [0, 0.1) is 0 Å². The molecule has 3 aliphatic heterocycles. The Labute approximate surface area is 566 Å². The van der Waals surface area contributed by atoms with Gasteiger partial charge < -0.3 is 88.1 Å². The number of aliphatic hydroxyl groups is 2. The van der Waals surface area contributed by atoms with E-state index in [1.54, 1.807) is 0 Å². The Morgan fingerprint density at radius 2 is 1.14 bits per heavy atom. The number of esters is 2. The zero-order valence-corrected chi connectivity index (χ0v) is 57.5. The first-order valence-electron chi connectivity index (χ1n) is 34.2. The molecule has 0 amide bonds. The summed E-state index contributed by atoms with van der Waals surface area (Å²) in [4.78, 5) is 37.5. The molecule has 22 heteroatoms. The average molecular weight is 1360 g/mol. The number of phosphoric acid groups is 1. The van der Waals surface area contributed by atoms with Crippen molar-refractivity contribution in [2.24, 2.45) is 0 Å². The fraction of sp³-hybridized carbons (Fsp3) is 0.541. The second kappa shape index (κ2) is 39.2. The zero-order chi connectivity index (χ0) is 69.7. The Morgan fingerprint density at radius 3 is 1.70 bits per heavy atom. The Hall–Kier alpha value is -7.23. The van der Waals surface area contributed by atoms with E-state index in [-0.39, 0.29) is 89.2 Å². The van der Waals surface area contributed by atoms with Crippen molar-refractivity contribution in [3.63, 3.8) is 0 Å². The normalized spacial score (nSPS) is 19.0. The molecular formula is C74H104NO20P. The number of fused-ring (bicyclic) bond motifs is 8. The smallest absolute Gasteiger partial charge is 0.306 e. The second-order valence-electron chi connectivity index (χ2n) is 25.9. The maximum Gasteiger partial charge on any atom is 0.306 e. The minimum absolute atomic E-state index is 0.0177. The molecule has 0 saturated heterocycles. The van der Waals surface area contributed by atoms with E-state index in [4.69, 9.17) is 32.7 Å². The van der Waals surface area contributed by atoms with Gasteiger partial charge in [0.05, 0.1) is 39.8 Å². The van der Waals surface area contributed by atoms with Crippen molar-refractivity contribution in [2.45, 2.75) is 210 Å². The number of allylic oxidation sites excluding steroid dienone is 8. The van der Waals surface area contributed by atoms with Crippen LogP contribution in [0.5, 0.6) is 57.5 Å². The van der Waals surface area contributed by atoms with Crippen LogP contribution in [0.3, 0.4) is 0 Å². The summed E-state index contributed by atoms with van der Waals surface area (Å²) in [5.74, 6) is -6.98. The Bertz CT molecular complexity index is 3260. The molecule has 96 heavy (non-hydrogen) atoms. The molecule has 4 aromatic rings. The summed E-state index contributed by atoms with van der Waals surface area (Å²) >= 11 is 0. The molecule has 3 unspecified atom stereocenters. The standard InChI is InChI=1S/C44H80NO8P.C30H24O12/c1-6-8-10-12-14-16-18-20-22-24-26-28-30-32-34-36-43(46)50-40-42(41-52-54(48,49)51-39-38-45(3,4)5)53-44(47)37-35-33-31-29-27-25-23-21-19-17-15-13-11-9-7-2;31-13-7-20(37)24-22(8-13)41-30(12-2-4-16(33)19(36)6-12)29(39)26(24)25-23(42-30)10-17(34)14-9-21(38)27(40-28(14)25)11-1-3-15(32)18(35)5-11/h14-17,20-23,42H,6-13,18-19,24-41H2,1-5H3;1-8,10,21,26-27,29,31-39H,9H2/b16-14-,17-15-,22-20-,23-21-;/t;21-,26+,27-,29?,30-/m.1/s1. The molecule has 0 spiro atoms. The van der Waals surface area contributed by atoms with Gasteiger partial charge in [-0.1, -0.05) is 133 Å². The Balaban J connectivity index is 0.000000310. The molecule has 530 valence electrons. The van der Waals surface area contributed by atoms with Crippen LogP contribution in [0.25, 0.3) is 0 Å². The number of hydrogen-bond donors (Lipinski definition) is 9. The van der Waals surface area contributed by atoms with Gasteiger partial charge in [0, 0.05) is 59.7 Å². The molecule has 0 radical (unpaired) electrons. The van der Waals surface area contributed by atoms with Gasteiger partial charge >= 0.3 is 17.7 Å². The molecule has 3 heterocycles. The minimum Gasteiger partial charge on any atom is -0.756 e. The number of hydrogen-bond acceptors (Lipinski definition) is 20. The average Bonchev–Trinajstić information content (AvgIpc) is 0.695. The number of aliphatic hydroxyl groups excluding tert-OH is 2. The molecule has 2 bridgehead atoms. The molecule has 7 atom stereocenters. The number of phenols is 7. The summed E-state index contributed by atoms with van der Waals surface area (Å²) < 4.78 is 52.5. The van der Waals surface area contributed by atoms with Crippen LogP contribution < -0.4 is 19.1 Å². The fourth-order valence-corrected chi connectivity index (χ4v) is 12.2. The number of unbranched alkanes of at least 4 members (excludes halogenated alkanes) is 16. The van der Waals surface area contributed by atoms with Crippen LogP contribution in [0.4, 0.5) is 0 Å². The highest BCUT2D eigenvalue weighted by atomic mass is 31.2. The lowest BCUT2D eigenvalue weighted by molar-refractivity contribution is -0.870. The minimum atomic E-state index is -4.63. The summed E-state index contributed by atoms with van der Waals surface area (Å²) in [6.07, 6.45) is 37.3. The van der Waals surface area contributed by atoms with E-state index < -0.39 is 85.5 Å². The highest BCUT2D eigenvalue weighted by Crippen LogP contribution is 2.62. The van der Waals surface area contributed by atoms with Crippen molar-refractivity contribution in [3.05, 3.63) is 131 Å². The van der Waals surface area contributed by atoms with Crippen molar-refractivity contribution in [3.8, 4) is 57.5 Å². The number of carbonyl (C=O) groups excluding carboxylic acids is 2. The van der Waals surface area contributed by atoms with Crippen molar-refractivity contribution in [2.75, 3.05) is 47.5 Å². The van der Waals surface area contributed by atoms with Gasteiger partial charge in [-0.2, -0.15) is 0 Å². The maximum absolute atomic E-state index is 12.6. The van der Waals surface area contributed by atoms with E-state index in [0.717, 1.165) is 89.2 Å². The zero-order valence-electron chi connectivity index (χ0n) is 56.6. The first kappa shape index (κ1) is 77.8. The van der Waals surface area contributed by atoms with E-state index in [2.05, 4.69) is 62.5 Å². The largest absolute Gasteiger partial charge is 0.756 e. The van der Waals surface area contributed by atoms with E-state index in [0.29, 0.717) is 29.4 Å². The van der Waals surface area contributed by atoms with Gasteiger partial charge in [0.1, 0.15) is 66.5 Å². The van der Waals surface area contributed by atoms with Crippen LogP contribution in [0.15, 0.2) is 103 Å². The first-order valence-corrected chi connectivity index (χ1v) is 35.7. The molecule has 0 fully saturated rings. The lowest BCUT2D eigenvalue weighted by Crippen LogP contribution is -2.57. The van der Waals surface area contributed by atoms with Gasteiger partial charge in [0.15, 0.2) is 29.1 Å². The lowest BCUT2D eigenvalue weighted by atomic mass is 9.74. The summed E-state index contributed by atoms with van der Waals surface area (Å²) in [6.45, 7) is 4.13. The van der Waals surface area contributed by atoms with E-state index >= 15 is 0 Å². The fourth-order valence-electron chi connectivity index (χ4n) is 11.5. The number of carbonyl (C=O) groups is 2. The maximum atomic E-state index is 12.6. The second-order valence-corrected chi connectivity index (χ2v) is 27.3. The predicted octanol–water partition coefficient (Wildman–Crippen LogP) is 14.1. The van der Waals surface area contributed by atoms with Gasteiger partial charge in [-0.25, -0.2) is 0 Å². The molecule has 7 rings (SSSR count). The molecule has 3 aliphatic rings. The van der Waals surface area contributed by atoms with Crippen LogP contribution in [-0.2, 0) is 44.9 Å². The van der Waals surface area contributed by atoms with Crippen LogP contribution in [0.1, 0.15) is 208 Å². The van der Waals surface area contributed by atoms with E-state index in [1.165, 1.54) is 93.8 Å². The van der Waals surface area contributed by atoms with Crippen LogP contribution >= 0.6 is 7.82 Å². The number of benzene rings is 4. The highest BCUT2D eigenvalue weighted by Gasteiger charge is 2.60. The van der Waals surface area contributed by atoms with Crippen molar-refractivity contribution in [1.29, 1.82) is 0 Å². The number of nitrogens with zero attached hydrogens (tertiary/aromatic N) is 1. The molecular weight excluding hydrogens is 1250 g/mol. The van der Waals surface area contributed by atoms with Crippen LogP contribution in [0.2, 0.25) is 0 Å². The Kier molecular flexibility index (Phi) is 31.8. The van der Waals surface area contributed by atoms with Crippen molar-refractivity contribution < 1.29 is 102 Å². The molecule has 9 N–H and O–H groups in total. The summed E-state index contributed by atoms with van der Waals surface area (Å²) in [6, 6.07) is 11.1. The van der Waals surface area contributed by atoms with Gasteiger partial charge in [-0.3, -0.25) is 14.2 Å². The number of aromatic hydroxyl groups is 7. The monoisotopic (exact) mass is 1360 g/mol. The third kappa shape index (κ3) is 24.4. The molecule has 0 aliphatic carbocycles. The number of rotatable bonds is 40. The van der Waals surface area contributed by atoms with E-state index in [1.807, 2.05) is 21.1 Å². The van der Waals surface area contributed by atoms with E-state index in [9.17, 15) is 65.0 Å². The quantitative estimate of drug-likeness (QED) is 0.00499. The Morgan fingerprint density at radius 1 is 0.604 bits per heavy atom. The van der Waals surface area contributed by atoms with Crippen molar-refractivity contribution >= 4 is 19.8 Å². The van der Waals surface area contributed by atoms with Gasteiger partial charge in [0.2, 0.25) is 0 Å². The SMILES string of the molecule is CCCCC/C=C\C/C=C\CCCCCCCC(=O)OCC(COP(=O)([O-])OCC[N+](C)(C)C)OC(=O)CCCCCCC/C=C\C/C=C\CCCCC.Oc1cc(O)c2c(c1)O[C@]1(c3ccc(O)c(O)c3)Oc3cc(O)c4c(c3[C@H]2C1O)O[C@H](c1ccc(O)c(O)c1)[C@H](O)C4. The number of ether oxygens (including phenoxy) is 5. The number of phosphoric ester groups is 1. The predicted molar refractivity (Wildman–Crippen MR) is 363 cm³/mol. The molecule has 0 aromatic heterocycles. The summed E-state index contributed by atoms with van der Waals surface area (Å²) in [7, 11) is 1.14. The molecule has 4 aromatic carbocycles. The van der Waals surface area contributed by atoms with Crippen LogP contribution in [-0.4, -0.2) is 128 Å². The lowest BCUT2D eigenvalue weighted by Gasteiger charge is -2.50. The van der Waals surface area contributed by atoms with Crippen molar-refractivity contribution in [1.82, 2.24) is 0 Å². The molecule has 0 saturated carbocycles. The topological polar surface area (TPSA) is 321 Å². The van der Waals surface area contributed by atoms with Gasteiger partial charge in [-0.15, -0.1) is 0 Å². The summed E-state index contributed by atoms with van der Waals surface area (Å²) in [5, 5.41) is 95.1. The number of quaternary nitrogens is 1. The van der Waals surface area contributed by atoms with Gasteiger partial charge in [-0.05, 0) is 113 Å². The van der Waals surface area contributed by atoms with Gasteiger partial charge in [0.25, 0.3) is 7.82 Å². The summed E-state index contributed by atoms with van der Waals surface area (Å²) in [5.41, 5.74) is 0.842. The number of likely N-dealkylation sites (N-methyl/N-ethyl adjacent to an activating group) is 1. The molecule has 21 nitrogen and oxygen atoms in total.